The van der Waals surface area contributed by atoms with Gasteiger partial charge in [-0.05, 0) is 31.8 Å². The Morgan fingerprint density at radius 3 is 2.35 bits per heavy atom. The average Bonchev–Trinajstić information content (AvgIpc) is 2.91. The lowest BCUT2D eigenvalue weighted by atomic mass is 9.96. The molecular formula is C13H20N2O2. The topological polar surface area (TPSA) is 40.6 Å². The van der Waals surface area contributed by atoms with Crippen LogP contribution in [0.1, 0.15) is 25.7 Å². The average molecular weight is 236 g/mol. The first-order valence-electron chi connectivity index (χ1n) is 6.42. The second-order valence-electron chi connectivity index (χ2n) is 4.86. The van der Waals surface area contributed by atoms with Gasteiger partial charge in [0.1, 0.15) is 0 Å². The van der Waals surface area contributed by atoms with Crippen molar-refractivity contribution in [2.45, 2.75) is 25.7 Å². The fraction of sp³-hybridized carbons (Fsp3) is 0.692. The predicted octanol–water partition coefficient (Wildman–Crippen LogP) is 1.03. The van der Waals surface area contributed by atoms with Gasteiger partial charge in [-0.1, -0.05) is 6.58 Å². The van der Waals surface area contributed by atoms with Gasteiger partial charge < -0.3 is 9.80 Å². The highest BCUT2D eigenvalue weighted by Crippen LogP contribution is 2.21. The highest BCUT2D eigenvalue weighted by Gasteiger charge is 2.31. The maximum Gasteiger partial charge on any atom is 0.245 e. The summed E-state index contributed by atoms with van der Waals surface area (Å²) in [5.41, 5.74) is 0. The largest absolute Gasteiger partial charge is 0.342 e. The quantitative estimate of drug-likeness (QED) is 0.672. The summed E-state index contributed by atoms with van der Waals surface area (Å²) in [7, 11) is 0. The molecule has 0 aromatic rings. The van der Waals surface area contributed by atoms with Gasteiger partial charge in [-0.2, -0.15) is 0 Å². The Labute approximate surface area is 102 Å². The van der Waals surface area contributed by atoms with Crippen LogP contribution in [0, 0.1) is 5.92 Å². The lowest BCUT2D eigenvalue weighted by Crippen LogP contribution is -2.45. The number of nitrogens with zero attached hydrogens (tertiary/aromatic N) is 2. The van der Waals surface area contributed by atoms with Crippen LogP contribution in [0.25, 0.3) is 0 Å². The maximum atomic E-state index is 12.2. The van der Waals surface area contributed by atoms with Crippen molar-refractivity contribution in [3.63, 3.8) is 0 Å². The lowest BCUT2D eigenvalue weighted by molar-refractivity contribution is -0.138. The first-order valence-corrected chi connectivity index (χ1v) is 6.42. The van der Waals surface area contributed by atoms with Crippen LogP contribution in [0.5, 0.6) is 0 Å². The van der Waals surface area contributed by atoms with Gasteiger partial charge in [0.2, 0.25) is 11.8 Å². The van der Waals surface area contributed by atoms with Crippen molar-refractivity contribution in [3.05, 3.63) is 12.7 Å². The predicted molar refractivity (Wildman–Crippen MR) is 65.3 cm³/mol. The van der Waals surface area contributed by atoms with Crippen molar-refractivity contribution in [1.82, 2.24) is 9.80 Å². The molecule has 0 unspecified atom stereocenters. The molecule has 2 fully saturated rings. The number of rotatable bonds is 2. The first-order chi connectivity index (χ1) is 8.22. The third-order valence-electron chi connectivity index (χ3n) is 3.67. The van der Waals surface area contributed by atoms with E-state index in [0.717, 1.165) is 45.3 Å². The summed E-state index contributed by atoms with van der Waals surface area (Å²) in [4.78, 5) is 27.5. The van der Waals surface area contributed by atoms with Crippen LogP contribution in [0.4, 0.5) is 0 Å². The van der Waals surface area contributed by atoms with Crippen LogP contribution in [0.2, 0.25) is 0 Å². The van der Waals surface area contributed by atoms with Crippen LogP contribution in [-0.2, 0) is 9.59 Å². The van der Waals surface area contributed by atoms with E-state index in [1.165, 1.54) is 6.08 Å². The van der Waals surface area contributed by atoms with Crippen LogP contribution < -0.4 is 0 Å². The monoisotopic (exact) mass is 236 g/mol. The van der Waals surface area contributed by atoms with E-state index in [4.69, 9.17) is 0 Å². The second-order valence-corrected chi connectivity index (χ2v) is 4.86. The number of hydrogen-bond donors (Lipinski definition) is 0. The second kappa shape index (κ2) is 5.34. The molecule has 94 valence electrons. The van der Waals surface area contributed by atoms with Gasteiger partial charge in [-0.25, -0.2) is 0 Å². The van der Waals surface area contributed by atoms with E-state index in [-0.39, 0.29) is 17.7 Å². The zero-order chi connectivity index (χ0) is 12.3. The SMILES string of the molecule is C=CC(=O)N1CCC[C@@H](C(=O)N2CCCC2)C1. The summed E-state index contributed by atoms with van der Waals surface area (Å²) in [5, 5.41) is 0. The molecule has 4 nitrogen and oxygen atoms in total. The van der Waals surface area contributed by atoms with E-state index in [0.29, 0.717) is 6.54 Å². The Kier molecular flexibility index (Phi) is 3.82. The lowest BCUT2D eigenvalue weighted by Gasteiger charge is -2.33. The molecule has 17 heavy (non-hydrogen) atoms. The molecule has 0 N–H and O–H groups in total. The fourth-order valence-electron chi connectivity index (χ4n) is 2.70. The third kappa shape index (κ3) is 2.68. The summed E-state index contributed by atoms with van der Waals surface area (Å²) in [6, 6.07) is 0. The van der Waals surface area contributed by atoms with E-state index in [1.807, 2.05) is 4.90 Å². The van der Waals surface area contributed by atoms with Crippen LogP contribution in [0.3, 0.4) is 0 Å². The number of hydrogen-bond acceptors (Lipinski definition) is 2. The number of likely N-dealkylation sites (tertiary alicyclic amines) is 2. The molecule has 2 amide bonds. The molecule has 2 rings (SSSR count). The fourth-order valence-corrected chi connectivity index (χ4v) is 2.70. The van der Waals surface area contributed by atoms with Crippen molar-refractivity contribution in [1.29, 1.82) is 0 Å². The van der Waals surface area contributed by atoms with Crippen molar-refractivity contribution < 1.29 is 9.59 Å². The molecule has 2 saturated heterocycles. The zero-order valence-corrected chi connectivity index (χ0v) is 10.2. The van der Waals surface area contributed by atoms with Gasteiger partial charge >= 0.3 is 0 Å². The molecular weight excluding hydrogens is 216 g/mol. The van der Waals surface area contributed by atoms with Gasteiger partial charge in [0.25, 0.3) is 0 Å². The molecule has 0 aromatic carbocycles. The molecule has 0 aromatic heterocycles. The molecule has 2 aliphatic heterocycles. The van der Waals surface area contributed by atoms with Crippen LogP contribution in [0.15, 0.2) is 12.7 Å². The van der Waals surface area contributed by atoms with Crippen molar-refractivity contribution in [2.24, 2.45) is 5.92 Å². The van der Waals surface area contributed by atoms with Crippen molar-refractivity contribution in [3.8, 4) is 0 Å². The molecule has 1 atom stereocenters. The van der Waals surface area contributed by atoms with Gasteiger partial charge in [0, 0.05) is 26.2 Å². The number of carbonyl (C=O) groups excluding carboxylic acids is 2. The molecule has 0 spiro atoms. The maximum absolute atomic E-state index is 12.2. The Balaban J connectivity index is 1.94. The molecule has 4 heteroatoms. The van der Waals surface area contributed by atoms with E-state index < -0.39 is 0 Å². The Morgan fingerprint density at radius 1 is 1.06 bits per heavy atom. The highest BCUT2D eigenvalue weighted by atomic mass is 16.2. The molecule has 0 saturated carbocycles. The molecule has 2 aliphatic rings. The zero-order valence-electron chi connectivity index (χ0n) is 10.2. The normalized spacial score (nSPS) is 24.8. The minimum atomic E-state index is -0.0519. The van der Waals surface area contributed by atoms with Crippen molar-refractivity contribution >= 4 is 11.8 Å². The first kappa shape index (κ1) is 12.1. The van der Waals surface area contributed by atoms with Gasteiger partial charge in [0.05, 0.1) is 5.92 Å². The minimum absolute atomic E-state index is 0.00532. The third-order valence-corrected chi connectivity index (χ3v) is 3.67. The number of carbonyl (C=O) groups is 2. The summed E-state index contributed by atoms with van der Waals surface area (Å²) in [6.07, 6.45) is 5.41. The summed E-state index contributed by atoms with van der Waals surface area (Å²) in [5.74, 6) is 0.193. The summed E-state index contributed by atoms with van der Waals surface area (Å²) < 4.78 is 0. The van der Waals surface area contributed by atoms with E-state index in [1.54, 1.807) is 4.90 Å². The number of amides is 2. The highest BCUT2D eigenvalue weighted by molar-refractivity contribution is 5.88. The Hall–Kier alpha value is -1.32. The van der Waals surface area contributed by atoms with Gasteiger partial charge in [-0.3, -0.25) is 9.59 Å². The summed E-state index contributed by atoms with van der Waals surface area (Å²) in [6.45, 7) is 6.61. The van der Waals surface area contributed by atoms with Gasteiger partial charge in [-0.15, -0.1) is 0 Å². The van der Waals surface area contributed by atoms with E-state index in [2.05, 4.69) is 6.58 Å². The number of piperidine rings is 1. The Morgan fingerprint density at radius 2 is 1.71 bits per heavy atom. The molecule has 2 heterocycles. The smallest absolute Gasteiger partial charge is 0.245 e. The Bertz CT molecular complexity index is 321. The summed E-state index contributed by atoms with van der Waals surface area (Å²) >= 11 is 0. The van der Waals surface area contributed by atoms with E-state index >= 15 is 0 Å². The van der Waals surface area contributed by atoms with E-state index in [9.17, 15) is 9.59 Å². The molecule has 0 bridgehead atoms. The van der Waals surface area contributed by atoms with Crippen LogP contribution >= 0.6 is 0 Å². The molecule has 0 radical (unpaired) electrons. The van der Waals surface area contributed by atoms with Crippen LogP contribution in [-0.4, -0.2) is 47.8 Å². The minimum Gasteiger partial charge on any atom is -0.342 e. The standard InChI is InChI=1S/C13H20N2O2/c1-2-12(16)15-9-5-6-11(10-15)13(17)14-7-3-4-8-14/h2,11H,1,3-10H2/t11-/m1/s1. The molecule has 0 aliphatic carbocycles. The van der Waals surface area contributed by atoms with Crippen molar-refractivity contribution in [2.75, 3.05) is 26.2 Å². The van der Waals surface area contributed by atoms with Gasteiger partial charge in [0.15, 0.2) is 0 Å².